The van der Waals surface area contributed by atoms with Gasteiger partial charge in [-0.15, -0.1) is 6.42 Å². The van der Waals surface area contributed by atoms with E-state index < -0.39 is 12.0 Å². The third-order valence-electron chi connectivity index (χ3n) is 2.44. The Morgan fingerprint density at radius 3 is 2.33 bits per heavy atom. The van der Waals surface area contributed by atoms with Crippen molar-refractivity contribution in [3.63, 3.8) is 0 Å². The van der Waals surface area contributed by atoms with Crippen LogP contribution in [-0.2, 0) is 9.59 Å². The maximum absolute atomic E-state index is 11.3. The van der Waals surface area contributed by atoms with E-state index in [9.17, 15) is 9.59 Å². The first-order chi connectivity index (χ1) is 6.95. The fourth-order valence-electron chi connectivity index (χ4n) is 1.41. The Kier molecular flexibility index (Phi) is 5.46. The van der Waals surface area contributed by atoms with Gasteiger partial charge < -0.3 is 10.0 Å². The van der Waals surface area contributed by atoms with E-state index in [1.807, 2.05) is 6.92 Å². The number of carboxylic acids is 1. The quantitative estimate of drug-likeness (QED) is 0.689. The molecule has 0 spiro atoms. The fourth-order valence-corrected chi connectivity index (χ4v) is 1.41. The number of nitrogens with zero attached hydrogens (tertiary/aromatic N) is 1. The van der Waals surface area contributed by atoms with Crippen molar-refractivity contribution in [1.82, 2.24) is 4.90 Å². The number of terminal acetylenes is 1. The van der Waals surface area contributed by atoms with Gasteiger partial charge in [-0.05, 0) is 5.92 Å². The second-order valence-corrected chi connectivity index (χ2v) is 3.52. The molecule has 0 aromatic heterocycles. The zero-order valence-corrected chi connectivity index (χ0v) is 9.36. The summed E-state index contributed by atoms with van der Waals surface area (Å²) in [6, 6.07) is -0.830. The molecule has 1 N–H and O–H groups in total. The third kappa shape index (κ3) is 3.62. The predicted molar refractivity (Wildman–Crippen MR) is 57.1 cm³/mol. The topological polar surface area (TPSA) is 57.6 Å². The fraction of sp³-hybridized carbons (Fsp3) is 0.636. The van der Waals surface area contributed by atoms with Crippen molar-refractivity contribution in [2.24, 2.45) is 5.92 Å². The minimum absolute atomic E-state index is 0.0383. The number of rotatable bonds is 5. The first kappa shape index (κ1) is 13.5. The number of hydrogen-bond donors (Lipinski definition) is 1. The van der Waals surface area contributed by atoms with Crippen LogP contribution in [0.3, 0.4) is 0 Å². The van der Waals surface area contributed by atoms with E-state index >= 15 is 0 Å². The van der Waals surface area contributed by atoms with Gasteiger partial charge in [0, 0.05) is 6.92 Å². The molecule has 0 aliphatic rings. The molecule has 0 rings (SSSR count). The zero-order chi connectivity index (χ0) is 12.0. The molecule has 0 heterocycles. The SMILES string of the molecule is C#CCN(C(C)=O)C(C(=O)O)C(C)CC. The molecular formula is C11H17NO3. The number of aliphatic carboxylic acids is 1. The number of hydrogen-bond acceptors (Lipinski definition) is 2. The Morgan fingerprint density at radius 1 is 1.53 bits per heavy atom. The van der Waals surface area contributed by atoms with Gasteiger partial charge in [-0.3, -0.25) is 4.79 Å². The van der Waals surface area contributed by atoms with Gasteiger partial charge in [0.15, 0.2) is 0 Å². The molecule has 0 radical (unpaired) electrons. The predicted octanol–water partition coefficient (Wildman–Crippen LogP) is 0.967. The summed E-state index contributed by atoms with van der Waals surface area (Å²) >= 11 is 0. The molecule has 1 amide bonds. The van der Waals surface area contributed by atoms with Crippen molar-refractivity contribution in [2.75, 3.05) is 6.54 Å². The molecule has 0 aromatic carbocycles. The molecule has 84 valence electrons. The van der Waals surface area contributed by atoms with Crippen molar-refractivity contribution >= 4 is 11.9 Å². The lowest BCUT2D eigenvalue weighted by molar-refractivity contribution is -0.151. The largest absolute Gasteiger partial charge is 0.480 e. The van der Waals surface area contributed by atoms with E-state index in [0.717, 1.165) is 0 Å². The minimum Gasteiger partial charge on any atom is -0.480 e. The van der Waals surface area contributed by atoms with Crippen LogP contribution in [0.1, 0.15) is 27.2 Å². The highest BCUT2D eigenvalue weighted by molar-refractivity contribution is 5.82. The van der Waals surface area contributed by atoms with Crippen LogP contribution in [0.4, 0.5) is 0 Å². The van der Waals surface area contributed by atoms with Crippen molar-refractivity contribution in [1.29, 1.82) is 0 Å². The van der Waals surface area contributed by atoms with Gasteiger partial charge in [0.2, 0.25) is 5.91 Å². The van der Waals surface area contributed by atoms with E-state index in [-0.39, 0.29) is 18.4 Å². The summed E-state index contributed by atoms with van der Waals surface area (Å²) in [7, 11) is 0. The van der Waals surface area contributed by atoms with Crippen molar-refractivity contribution in [3.8, 4) is 12.3 Å². The summed E-state index contributed by atoms with van der Waals surface area (Å²) in [6.45, 7) is 5.05. The molecule has 2 atom stereocenters. The Morgan fingerprint density at radius 2 is 2.07 bits per heavy atom. The number of carbonyl (C=O) groups is 2. The lowest BCUT2D eigenvalue weighted by atomic mass is 9.97. The number of carboxylic acid groups (broad SMARTS) is 1. The molecule has 0 aliphatic heterocycles. The highest BCUT2D eigenvalue weighted by Crippen LogP contribution is 2.15. The molecule has 15 heavy (non-hydrogen) atoms. The summed E-state index contributed by atoms with van der Waals surface area (Å²) in [5.41, 5.74) is 0. The first-order valence-corrected chi connectivity index (χ1v) is 4.89. The van der Waals surface area contributed by atoms with Crippen molar-refractivity contribution in [2.45, 2.75) is 33.2 Å². The molecule has 0 saturated heterocycles. The number of amides is 1. The molecule has 0 fully saturated rings. The van der Waals surface area contributed by atoms with Gasteiger partial charge in [0.1, 0.15) is 6.04 Å². The Labute approximate surface area is 90.3 Å². The number of carbonyl (C=O) groups excluding carboxylic acids is 1. The molecule has 0 aromatic rings. The van der Waals surface area contributed by atoms with Crippen LogP contribution < -0.4 is 0 Å². The second-order valence-electron chi connectivity index (χ2n) is 3.52. The first-order valence-electron chi connectivity index (χ1n) is 4.89. The summed E-state index contributed by atoms with van der Waals surface area (Å²) in [5.74, 6) is 0.884. The van der Waals surface area contributed by atoms with Gasteiger partial charge in [-0.2, -0.15) is 0 Å². The normalized spacial score (nSPS) is 13.7. The van der Waals surface area contributed by atoms with Gasteiger partial charge in [-0.25, -0.2) is 4.79 Å². The molecule has 0 aliphatic carbocycles. The van der Waals surface area contributed by atoms with Crippen molar-refractivity contribution < 1.29 is 14.7 Å². The zero-order valence-electron chi connectivity index (χ0n) is 9.36. The van der Waals surface area contributed by atoms with E-state index in [0.29, 0.717) is 6.42 Å². The van der Waals surface area contributed by atoms with E-state index in [1.165, 1.54) is 11.8 Å². The van der Waals surface area contributed by atoms with Gasteiger partial charge in [0.25, 0.3) is 0 Å². The summed E-state index contributed by atoms with van der Waals surface area (Å²) in [5, 5.41) is 9.06. The van der Waals surface area contributed by atoms with E-state index in [1.54, 1.807) is 6.92 Å². The standard InChI is InChI=1S/C11H17NO3/c1-5-7-12(9(4)13)10(11(14)15)8(3)6-2/h1,8,10H,6-7H2,2-4H3,(H,14,15). The van der Waals surface area contributed by atoms with Crippen LogP contribution >= 0.6 is 0 Å². The van der Waals surface area contributed by atoms with E-state index in [4.69, 9.17) is 11.5 Å². The molecule has 2 unspecified atom stereocenters. The van der Waals surface area contributed by atoms with Gasteiger partial charge >= 0.3 is 5.97 Å². The Bertz CT molecular complexity index is 280. The molecular weight excluding hydrogens is 194 g/mol. The van der Waals surface area contributed by atoms with E-state index in [2.05, 4.69) is 5.92 Å². The molecule has 4 nitrogen and oxygen atoms in total. The lowest BCUT2D eigenvalue weighted by Gasteiger charge is -2.30. The maximum Gasteiger partial charge on any atom is 0.326 e. The summed E-state index contributed by atoms with van der Waals surface area (Å²) in [6.07, 6.45) is 5.80. The summed E-state index contributed by atoms with van der Waals surface area (Å²) < 4.78 is 0. The van der Waals surface area contributed by atoms with Gasteiger partial charge in [0.05, 0.1) is 6.54 Å². The van der Waals surface area contributed by atoms with Crippen LogP contribution in [0.15, 0.2) is 0 Å². The Hall–Kier alpha value is -1.50. The highest BCUT2D eigenvalue weighted by Gasteiger charge is 2.31. The van der Waals surface area contributed by atoms with Crippen LogP contribution in [-0.4, -0.2) is 34.5 Å². The smallest absolute Gasteiger partial charge is 0.326 e. The monoisotopic (exact) mass is 211 g/mol. The molecule has 0 bridgehead atoms. The summed E-state index contributed by atoms with van der Waals surface area (Å²) in [4.78, 5) is 23.5. The van der Waals surface area contributed by atoms with Crippen LogP contribution in [0.25, 0.3) is 0 Å². The minimum atomic E-state index is -1.00. The molecule has 4 heteroatoms. The van der Waals surface area contributed by atoms with Crippen molar-refractivity contribution in [3.05, 3.63) is 0 Å². The molecule has 0 saturated carbocycles. The van der Waals surface area contributed by atoms with Crippen LogP contribution in [0, 0.1) is 18.3 Å². The second kappa shape index (κ2) is 6.07. The van der Waals surface area contributed by atoms with Crippen LogP contribution in [0.2, 0.25) is 0 Å². The highest BCUT2D eigenvalue weighted by atomic mass is 16.4. The average Bonchev–Trinajstić information content (AvgIpc) is 2.15. The Balaban J connectivity index is 4.93. The lowest BCUT2D eigenvalue weighted by Crippen LogP contribution is -2.47. The average molecular weight is 211 g/mol. The third-order valence-corrected chi connectivity index (χ3v) is 2.44. The van der Waals surface area contributed by atoms with Gasteiger partial charge in [-0.1, -0.05) is 26.2 Å². The van der Waals surface area contributed by atoms with Crippen LogP contribution in [0.5, 0.6) is 0 Å². The maximum atomic E-state index is 11.3.